The zero-order valence-corrected chi connectivity index (χ0v) is 12.0. The number of benzene rings is 1. The van der Waals surface area contributed by atoms with Crippen LogP contribution in [-0.4, -0.2) is 17.5 Å². The Balaban J connectivity index is 2.68. The number of nitrogens with zero attached hydrogens (tertiary/aromatic N) is 1. The quantitative estimate of drug-likeness (QED) is 0.605. The summed E-state index contributed by atoms with van der Waals surface area (Å²) in [6, 6.07) is 8.98. The highest BCUT2D eigenvalue weighted by Crippen LogP contribution is 2.60. The zero-order valence-electron chi connectivity index (χ0n) is 9.58. The molecule has 8 heteroatoms. The normalized spacial score (nSPS) is 11.1. The van der Waals surface area contributed by atoms with E-state index in [0.29, 0.717) is 4.83 Å². The van der Waals surface area contributed by atoms with Crippen LogP contribution < -0.4 is 0 Å². The van der Waals surface area contributed by atoms with Gasteiger partial charge >= 0.3 is 12.1 Å². The molecule has 0 bridgehead atoms. The third-order valence-electron chi connectivity index (χ3n) is 1.83. The van der Waals surface area contributed by atoms with Crippen LogP contribution in [0.5, 0.6) is 0 Å². The van der Waals surface area contributed by atoms with E-state index in [2.05, 4.69) is 4.74 Å². The molecule has 0 atom stereocenters. The van der Waals surface area contributed by atoms with E-state index < -0.39 is 12.1 Å². The first-order chi connectivity index (χ1) is 8.45. The average molecular weight is 312 g/mol. The van der Waals surface area contributed by atoms with Crippen LogP contribution in [0.25, 0.3) is 0 Å². The second-order valence-corrected chi connectivity index (χ2v) is 7.67. The van der Waals surface area contributed by atoms with Gasteiger partial charge in [0.1, 0.15) is 6.61 Å². The highest BCUT2D eigenvalue weighted by molar-refractivity contribution is 8.07. The number of hydrogen-bond acceptors (Lipinski definition) is 4. The van der Waals surface area contributed by atoms with Gasteiger partial charge in [-0.25, -0.2) is 4.79 Å². The third-order valence-corrected chi connectivity index (χ3v) is 3.36. The van der Waals surface area contributed by atoms with Gasteiger partial charge in [0.05, 0.1) is 6.61 Å². The Morgan fingerprint density at radius 2 is 1.94 bits per heavy atom. The maximum absolute atomic E-state index is 11.5. The van der Waals surface area contributed by atoms with E-state index in [-0.39, 0.29) is 13.2 Å². The van der Waals surface area contributed by atoms with Gasteiger partial charge in [0, 0.05) is 0 Å². The second kappa shape index (κ2) is 7.00. The largest absolute Gasteiger partial charge is 0.448 e. The second-order valence-electron chi connectivity index (χ2n) is 3.17. The molecule has 1 aromatic carbocycles. The Bertz CT molecular complexity index is 437. The molecule has 0 saturated heterocycles. The van der Waals surface area contributed by atoms with E-state index in [4.69, 9.17) is 27.3 Å². The van der Waals surface area contributed by atoms with Crippen molar-refractivity contribution in [2.45, 2.75) is 13.5 Å². The molecule has 18 heavy (non-hydrogen) atoms. The highest BCUT2D eigenvalue weighted by Gasteiger charge is 2.33. The van der Waals surface area contributed by atoms with Gasteiger partial charge in [-0.15, -0.1) is 4.83 Å². The minimum absolute atomic E-state index is 0.00306. The number of halogens is 2. The zero-order chi connectivity index (χ0) is 13.6. The van der Waals surface area contributed by atoms with Crippen molar-refractivity contribution in [2.24, 2.45) is 0 Å². The molecular weight excluding hydrogens is 300 g/mol. The minimum atomic E-state index is -3.92. The molecule has 0 aliphatic rings. The molecule has 0 aliphatic heterocycles. The smallest absolute Gasteiger partial charge is 0.442 e. The molecular formula is C10H12Cl2NO4P. The topological polar surface area (TPSA) is 55.8 Å². The summed E-state index contributed by atoms with van der Waals surface area (Å²) >= 11 is 10.8. The summed E-state index contributed by atoms with van der Waals surface area (Å²) in [6.07, 6.45) is -0.984. The average Bonchev–Trinajstić information content (AvgIpc) is 2.29. The fourth-order valence-corrected chi connectivity index (χ4v) is 2.18. The lowest BCUT2D eigenvalue weighted by Crippen LogP contribution is -2.26. The van der Waals surface area contributed by atoms with E-state index in [0.717, 1.165) is 5.56 Å². The standard InChI is InChI=1S/C10H12Cl2NO4P/c1-2-16-10(14)13(18(11,12)15)17-8-9-6-4-3-5-7-9/h3-7H,2,8H2,1H3. The Kier molecular flexibility index (Phi) is 5.96. The summed E-state index contributed by atoms with van der Waals surface area (Å²) < 4.78 is 16.1. The molecule has 100 valence electrons. The van der Waals surface area contributed by atoms with Gasteiger partial charge in [-0.05, 0) is 35.0 Å². The number of hydrogen-bond donors (Lipinski definition) is 0. The Hall–Kier alpha value is -0.740. The van der Waals surface area contributed by atoms with E-state index in [9.17, 15) is 9.36 Å². The van der Waals surface area contributed by atoms with E-state index >= 15 is 0 Å². The summed E-state index contributed by atoms with van der Waals surface area (Å²) in [5.74, 6) is -3.92. The van der Waals surface area contributed by atoms with E-state index in [1.54, 1.807) is 31.2 Å². The van der Waals surface area contributed by atoms with Crippen LogP contribution in [0.1, 0.15) is 12.5 Å². The Labute approximate surface area is 115 Å². The van der Waals surface area contributed by atoms with Crippen LogP contribution in [0, 0.1) is 0 Å². The van der Waals surface area contributed by atoms with Crippen molar-refractivity contribution >= 4 is 34.6 Å². The van der Waals surface area contributed by atoms with Crippen LogP contribution in [-0.2, 0) is 20.7 Å². The number of carbonyl (C=O) groups excluding carboxylic acids is 1. The molecule has 1 aromatic rings. The Morgan fingerprint density at radius 1 is 1.33 bits per heavy atom. The predicted molar refractivity (Wildman–Crippen MR) is 69.4 cm³/mol. The van der Waals surface area contributed by atoms with Crippen LogP contribution in [0.2, 0.25) is 0 Å². The van der Waals surface area contributed by atoms with Gasteiger partial charge in [0.25, 0.3) is 0 Å². The lowest BCUT2D eigenvalue weighted by Gasteiger charge is -2.20. The fraction of sp³-hybridized carbons (Fsp3) is 0.300. The number of rotatable bonds is 5. The van der Waals surface area contributed by atoms with Crippen molar-refractivity contribution in [2.75, 3.05) is 6.61 Å². The van der Waals surface area contributed by atoms with Gasteiger partial charge in [0.2, 0.25) is 0 Å². The third kappa shape index (κ3) is 4.86. The number of amides is 1. The molecule has 1 rings (SSSR count). The summed E-state index contributed by atoms with van der Waals surface area (Å²) in [6.45, 7) is 1.70. The summed E-state index contributed by atoms with van der Waals surface area (Å²) in [5.41, 5.74) is 0.772. The minimum Gasteiger partial charge on any atom is -0.448 e. The van der Waals surface area contributed by atoms with Crippen molar-refractivity contribution in [3.63, 3.8) is 0 Å². The summed E-state index contributed by atoms with van der Waals surface area (Å²) in [7, 11) is 0. The van der Waals surface area contributed by atoms with Crippen LogP contribution in [0.4, 0.5) is 4.79 Å². The highest BCUT2D eigenvalue weighted by atomic mass is 35.9. The number of ether oxygens (including phenoxy) is 1. The first-order valence-electron chi connectivity index (χ1n) is 5.08. The molecule has 0 heterocycles. The van der Waals surface area contributed by atoms with Crippen LogP contribution in [0.15, 0.2) is 30.3 Å². The molecule has 0 aliphatic carbocycles. The van der Waals surface area contributed by atoms with Crippen LogP contribution in [0.3, 0.4) is 0 Å². The van der Waals surface area contributed by atoms with E-state index in [1.165, 1.54) is 0 Å². The van der Waals surface area contributed by atoms with Crippen molar-refractivity contribution < 1.29 is 18.9 Å². The molecule has 0 radical (unpaired) electrons. The molecule has 0 N–H and O–H groups in total. The first kappa shape index (κ1) is 15.3. The lowest BCUT2D eigenvalue weighted by atomic mass is 10.2. The molecule has 0 unspecified atom stereocenters. The van der Waals surface area contributed by atoms with E-state index in [1.807, 2.05) is 6.07 Å². The maximum Gasteiger partial charge on any atom is 0.442 e. The number of hydroxylamine groups is 1. The van der Waals surface area contributed by atoms with Gasteiger partial charge in [-0.3, -0.25) is 9.40 Å². The van der Waals surface area contributed by atoms with Gasteiger partial charge in [-0.1, -0.05) is 30.3 Å². The monoisotopic (exact) mass is 311 g/mol. The molecule has 5 nitrogen and oxygen atoms in total. The maximum atomic E-state index is 11.5. The van der Waals surface area contributed by atoms with Crippen molar-refractivity contribution in [1.29, 1.82) is 0 Å². The van der Waals surface area contributed by atoms with Gasteiger partial charge < -0.3 is 4.74 Å². The van der Waals surface area contributed by atoms with Crippen molar-refractivity contribution in [1.82, 2.24) is 4.83 Å². The Morgan fingerprint density at radius 3 is 2.44 bits per heavy atom. The van der Waals surface area contributed by atoms with Gasteiger partial charge in [0.15, 0.2) is 0 Å². The van der Waals surface area contributed by atoms with Crippen LogP contribution >= 0.6 is 28.5 Å². The number of carbonyl (C=O) groups is 1. The van der Waals surface area contributed by atoms with Gasteiger partial charge in [-0.2, -0.15) is 0 Å². The fourth-order valence-electron chi connectivity index (χ4n) is 1.10. The predicted octanol–water partition coefficient (Wildman–Crippen LogP) is 4.16. The molecule has 1 amide bonds. The summed E-state index contributed by atoms with van der Waals surface area (Å²) in [4.78, 5) is 16.9. The van der Waals surface area contributed by atoms with Crippen molar-refractivity contribution in [3.8, 4) is 0 Å². The summed E-state index contributed by atoms with van der Waals surface area (Å²) in [5, 5.41) is 0. The molecule has 0 saturated carbocycles. The molecule has 0 aromatic heterocycles. The molecule has 0 fully saturated rings. The van der Waals surface area contributed by atoms with Crippen molar-refractivity contribution in [3.05, 3.63) is 35.9 Å². The lowest BCUT2D eigenvalue weighted by molar-refractivity contribution is -0.0803. The SMILES string of the molecule is CCOC(=O)N(OCc1ccccc1)P(=O)(Cl)Cl. The first-order valence-corrected chi connectivity index (χ1v) is 8.55. The molecule has 0 spiro atoms.